The van der Waals surface area contributed by atoms with Crippen LogP contribution >= 0.6 is 10.6 Å². The van der Waals surface area contributed by atoms with Crippen LogP contribution in [0.5, 0.6) is 0 Å². The van der Waals surface area contributed by atoms with Gasteiger partial charge in [-0.1, -0.05) is 37.1 Å². The van der Waals surface area contributed by atoms with E-state index in [1.165, 1.54) is 0 Å². The van der Waals surface area contributed by atoms with Crippen LogP contribution in [-0.2, 0) is 10.4 Å². The number of carbonyl (C=O) groups excluding carboxylic acids is 1. The molecule has 228 valence electrons. The second kappa shape index (κ2) is 11.3. The number of benzene rings is 2. The van der Waals surface area contributed by atoms with Crippen LogP contribution in [0, 0.1) is 17.2 Å². The third-order valence-corrected chi connectivity index (χ3v) is 10.9. The average molecular weight is 604 g/mol. The van der Waals surface area contributed by atoms with Crippen molar-refractivity contribution in [1.29, 1.82) is 5.26 Å². The van der Waals surface area contributed by atoms with Gasteiger partial charge in [0.15, 0.2) is 0 Å². The summed E-state index contributed by atoms with van der Waals surface area (Å²) in [6, 6.07) is 18.3. The first-order valence-electron chi connectivity index (χ1n) is 15.2. The summed E-state index contributed by atoms with van der Waals surface area (Å²) >= 11 is 0. The van der Waals surface area contributed by atoms with E-state index in [2.05, 4.69) is 40.6 Å². The number of hydrogen-bond acceptors (Lipinski definition) is 7. The van der Waals surface area contributed by atoms with Crippen LogP contribution < -0.4 is 10.2 Å². The van der Waals surface area contributed by atoms with Gasteiger partial charge in [0.05, 0.1) is 34.6 Å². The van der Waals surface area contributed by atoms with Crippen LogP contribution in [0.4, 0.5) is 5.69 Å². The summed E-state index contributed by atoms with van der Waals surface area (Å²) in [7, 11) is -2.47. The van der Waals surface area contributed by atoms with Gasteiger partial charge in [-0.05, 0) is 74.9 Å². The van der Waals surface area contributed by atoms with E-state index >= 15 is 0 Å². The molecule has 6 rings (SSSR count). The maximum absolute atomic E-state index is 13.6. The summed E-state index contributed by atoms with van der Waals surface area (Å²) in [6.07, 6.45) is 6.98. The molecule has 0 bridgehead atoms. The zero-order valence-electron chi connectivity index (χ0n) is 24.9. The highest BCUT2D eigenvalue weighted by Crippen LogP contribution is 2.44. The van der Waals surface area contributed by atoms with Gasteiger partial charge in [0.25, 0.3) is 0 Å². The second-order valence-corrected chi connectivity index (χ2v) is 15.3. The van der Waals surface area contributed by atoms with Crippen molar-refractivity contribution in [3.05, 3.63) is 66.0 Å². The highest BCUT2D eigenvalue weighted by atomic mass is 32.3. The van der Waals surface area contributed by atoms with Crippen molar-refractivity contribution in [1.82, 2.24) is 15.1 Å². The predicted molar refractivity (Wildman–Crippen MR) is 169 cm³/mol. The Morgan fingerprint density at radius 1 is 1.07 bits per heavy atom. The number of amides is 1. The molecule has 2 saturated carbocycles. The van der Waals surface area contributed by atoms with Crippen molar-refractivity contribution in [2.45, 2.75) is 69.4 Å². The molecule has 1 amide bonds. The number of anilines is 1. The molecule has 2 atom stereocenters. The lowest BCUT2D eigenvalue weighted by atomic mass is 9.75. The second-order valence-electron chi connectivity index (χ2n) is 12.9. The quantitative estimate of drug-likeness (QED) is 0.269. The number of carbonyl (C=O) groups is 1. The minimum atomic E-state index is -2.47. The Labute approximate surface area is 254 Å². The number of nitrogens with one attached hydrogen (secondary N) is 1. The van der Waals surface area contributed by atoms with E-state index in [4.69, 9.17) is 5.10 Å². The topological polar surface area (TPSA) is 135 Å². The van der Waals surface area contributed by atoms with E-state index in [9.17, 15) is 24.3 Å². The third kappa shape index (κ3) is 6.31. The van der Waals surface area contributed by atoms with E-state index < -0.39 is 21.7 Å². The number of nitrogens with zero attached hydrogens (tertiary/aromatic N) is 4. The van der Waals surface area contributed by atoms with Crippen molar-refractivity contribution in [3.63, 3.8) is 0 Å². The van der Waals surface area contributed by atoms with Crippen molar-refractivity contribution in [2.75, 3.05) is 29.5 Å². The third-order valence-electron chi connectivity index (χ3n) is 9.26. The molecule has 0 spiro atoms. The van der Waals surface area contributed by atoms with Crippen LogP contribution in [0.15, 0.2) is 54.7 Å². The minimum absolute atomic E-state index is 0.0558. The summed E-state index contributed by atoms with van der Waals surface area (Å²) < 4.78 is 21.9. The zero-order chi connectivity index (χ0) is 30.4. The molecule has 3 aliphatic rings. The SMILES string of the molecule is CC(C)(O)c1cccc(-n2cc(-c3ccc(N4CCS(O)(O)CC4)cc3)c([C@@H]3CCCC[C@H]3C(=O)NC3(C#N)CC3)n2)c1. The molecule has 2 aliphatic carbocycles. The van der Waals surface area contributed by atoms with E-state index in [0.717, 1.165) is 59.4 Å². The van der Waals surface area contributed by atoms with Gasteiger partial charge in [-0.15, -0.1) is 0 Å². The van der Waals surface area contributed by atoms with Crippen molar-refractivity contribution in [3.8, 4) is 22.9 Å². The molecule has 0 radical (unpaired) electrons. The van der Waals surface area contributed by atoms with E-state index in [0.29, 0.717) is 37.4 Å². The highest BCUT2D eigenvalue weighted by Gasteiger charge is 2.47. The van der Waals surface area contributed by atoms with Gasteiger partial charge in [0.2, 0.25) is 5.91 Å². The largest absolute Gasteiger partial charge is 0.386 e. The summed E-state index contributed by atoms with van der Waals surface area (Å²) in [5.74, 6) is 0.349. The number of hydrogen-bond donors (Lipinski definition) is 4. The Kier molecular flexibility index (Phi) is 7.80. The van der Waals surface area contributed by atoms with Crippen LogP contribution in [-0.4, -0.2) is 60.0 Å². The molecule has 2 aromatic carbocycles. The molecule has 1 aliphatic heterocycles. The van der Waals surface area contributed by atoms with Gasteiger partial charge in [-0.25, -0.2) is 4.68 Å². The molecule has 1 aromatic heterocycles. The Morgan fingerprint density at radius 3 is 2.42 bits per heavy atom. The zero-order valence-corrected chi connectivity index (χ0v) is 25.7. The van der Waals surface area contributed by atoms with Crippen LogP contribution in [0.3, 0.4) is 0 Å². The molecular weight excluding hydrogens is 562 g/mol. The summed E-state index contributed by atoms with van der Waals surface area (Å²) in [5, 5.41) is 28.4. The van der Waals surface area contributed by atoms with E-state index in [-0.39, 0.29) is 17.7 Å². The maximum Gasteiger partial charge on any atom is 0.225 e. The first-order valence-corrected chi connectivity index (χ1v) is 17.1. The smallest absolute Gasteiger partial charge is 0.225 e. The van der Waals surface area contributed by atoms with E-state index in [1.807, 2.05) is 35.1 Å². The summed E-state index contributed by atoms with van der Waals surface area (Å²) in [4.78, 5) is 15.8. The van der Waals surface area contributed by atoms with Gasteiger partial charge in [0.1, 0.15) is 5.54 Å². The molecule has 9 nitrogen and oxygen atoms in total. The molecule has 43 heavy (non-hydrogen) atoms. The normalized spacial score (nSPS) is 23.7. The molecule has 0 unspecified atom stereocenters. The fourth-order valence-electron chi connectivity index (χ4n) is 6.37. The van der Waals surface area contributed by atoms with Crippen LogP contribution in [0.25, 0.3) is 16.8 Å². The van der Waals surface area contributed by atoms with Gasteiger partial charge in [-0.3, -0.25) is 13.9 Å². The molecule has 1 saturated heterocycles. The highest BCUT2D eigenvalue weighted by molar-refractivity contribution is 8.24. The Morgan fingerprint density at radius 2 is 1.77 bits per heavy atom. The van der Waals surface area contributed by atoms with Crippen molar-refractivity contribution >= 4 is 22.2 Å². The number of aliphatic hydroxyl groups is 1. The Balaban J connectivity index is 1.37. The number of rotatable bonds is 7. The van der Waals surface area contributed by atoms with Crippen molar-refractivity contribution < 1.29 is 19.0 Å². The molecule has 3 aromatic rings. The number of nitriles is 1. The van der Waals surface area contributed by atoms with Crippen molar-refractivity contribution in [2.24, 2.45) is 5.92 Å². The molecule has 3 fully saturated rings. The van der Waals surface area contributed by atoms with Gasteiger partial charge >= 0.3 is 0 Å². The van der Waals surface area contributed by atoms with E-state index in [1.54, 1.807) is 13.8 Å². The van der Waals surface area contributed by atoms with Crippen LogP contribution in [0.1, 0.15) is 69.5 Å². The van der Waals surface area contributed by atoms with Crippen LogP contribution in [0.2, 0.25) is 0 Å². The lowest BCUT2D eigenvalue weighted by Gasteiger charge is -2.41. The lowest BCUT2D eigenvalue weighted by Crippen LogP contribution is -2.42. The maximum atomic E-state index is 13.6. The summed E-state index contributed by atoms with van der Waals surface area (Å²) in [6.45, 7) is 4.73. The first kappa shape index (κ1) is 29.7. The summed E-state index contributed by atoms with van der Waals surface area (Å²) in [5.41, 5.74) is 3.75. The number of aromatic nitrogens is 2. The van der Waals surface area contributed by atoms with Gasteiger partial charge < -0.3 is 15.3 Å². The molecule has 2 heterocycles. The molecule has 4 N–H and O–H groups in total. The predicted octanol–water partition coefficient (Wildman–Crippen LogP) is 5.78. The fourth-order valence-corrected chi connectivity index (χ4v) is 7.60. The molecular formula is C33H41N5O4S. The monoisotopic (exact) mass is 603 g/mol. The Bertz CT molecular complexity index is 1520. The lowest BCUT2D eigenvalue weighted by molar-refractivity contribution is -0.127. The van der Waals surface area contributed by atoms with Gasteiger partial charge in [-0.2, -0.15) is 21.0 Å². The first-order chi connectivity index (χ1) is 20.5. The average Bonchev–Trinajstić information content (AvgIpc) is 3.63. The fraction of sp³-hybridized carbons (Fsp3) is 0.485. The van der Waals surface area contributed by atoms with Gasteiger partial charge in [0, 0.05) is 42.4 Å². The Hall–Kier alpha value is -3.36. The standard InChI is InChI=1S/C33H41N5O4S/c1-32(2,40)24-6-5-7-26(20-24)38-21-29(23-10-12-25(13-11-23)37-16-18-43(41,42)19-17-37)30(36-38)27-8-3-4-9-28(27)31(39)35-33(22-34)14-15-33/h5-7,10-13,20-21,27-28,40-42H,3-4,8-9,14-19H2,1-2H3,(H,35,39)/t27-,28-/m1/s1. The molecule has 10 heteroatoms. The minimum Gasteiger partial charge on any atom is -0.386 e.